The second-order valence-corrected chi connectivity index (χ2v) is 6.86. The zero-order valence-electron chi connectivity index (χ0n) is 12.0. The molecule has 1 atom stereocenters. The van der Waals surface area contributed by atoms with Crippen LogP contribution in [0.25, 0.3) is 11.1 Å². The molecule has 0 saturated carbocycles. The first-order valence-electron chi connectivity index (χ1n) is 6.75. The van der Waals surface area contributed by atoms with Crippen LogP contribution < -0.4 is 5.14 Å². The summed E-state index contributed by atoms with van der Waals surface area (Å²) in [5, 5.41) is 14.3. The van der Waals surface area contributed by atoms with Crippen LogP contribution in [0.3, 0.4) is 0 Å². The minimum atomic E-state index is -3.80. The molecule has 0 saturated heterocycles. The molecule has 110 valence electrons. The van der Waals surface area contributed by atoms with Gasteiger partial charge in [0.2, 0.25) is 10.0 Å². The molecule has 1 aliphatic rings. The second kappa shape index (κ2) is 5.84. The molecule has 0 fully saturated rings. The number of hydrogen-bond donors (Lipinski definition) is 1. The number of rotatable bonds is 3. The van der Waals surface area contributed by atoms with Gasteiger partial charge in [0, 0.05) is 5.56 Å². The molecule has 2 N–H and O–H groups in total. The highest BCUT2D eigenvalue weighted by molar-refractivity contribution is 7.89. The van der Waals surface area contributed by atoms with Crippen LogP contribution in [-0.4, -0.2) is 8.42 Å². The molecule has 0 spiro atoms. The standard InChI is InChI=1S/C16H18N2O2S/c1-11(2)16-14(4-3-5-15(16)21(18,19)20)13-8-6-12(10-17)7-9-13/h3-5,8,12H,1,6-7,9H2,2H3,(H2,18,19,20). The van der Waals surface area contributed by atoms with Crippen LogP contribution >= 0.6 is 0 Å². The third-order valence-corrected chi connectivity index (χ3v) is 4.65. The molecule has 0 bridgehead atoms. The largest absolute Gasteiger partial charge is 0.238 e. The molecule has 0 aromatic heterocycles. The minimum absolute atomic E-state index is 0.0449. The van der Waals surface area contributed by atoms with Gasteiger partial charge >= 0.3 is 0 Å². The molecule has 0 aliphatic heterocycles. The van der Waals surface area contributed by atoms with E-state index in [1.165, 1.54) is 6.07 Å². The number of allylic oxidation sites excluding steroid dienone is 3. The first-order valence-corrected chi connectivity index (χ1v) is 8.30. The Kier molecular flexibility index (Phi) is 4.31. The maximum Gasteiger partial charge on any atom is 0.238 e. The van der Waals surface area contributed by atoms with E-state index in [4.69, 9.17) is 10.4 Å². The van der Waals surface area contributed by atoms with E-state index in [9.17, 15) is 8.42 Å². The number of benzene rings is 1. The first-order chi connectivity index (χ1) is 9.84. The quantitative estimate of drug-likeness (QED) is 0.931. The van der Waals surface area contributed by atoms with Gasteiger partial charge in [-0.25, -0.2) is 13.6 Å². The Morgan fingerprint density at radius 1 is 1.48 bits per heavy atom. The molecule has 1 unspecified atom stereocenters. The Labute approximate surface area is 125 Å². The third kappa shape index (κ3) is 3.23. The van der Waals surface area contributed by atoms with Crippen LogP contribution in [-0.2, 0) is 10.0 Å². The van der Waals surface area contributed by atoms with E-state index < -0.39 is 10.0 Å². The van der Waals surface area contributed by atoms with Gasteiger partial charge in [0.25, 0.3) is 0 Å². The fourth-order valence-electron chi connectivity index (χ4n) is 2.67. The van der Waals surface area contributed by atoms with Crippen LogP contribution in [0, 0.1) is 17.2 Å². The normalized spacial score (nSPS) is 18.7. The van der Waals surface area contributed by atoms with E-state index in [1.807, 2.05) is 12.1 Å². The molecule has 0 radical (unpaired) electrons. The highest BCUT2D eigenvalue weighted by atomic mass is 32.2. The molecule has 1 aliphatic carbocycles. The van der Waals surface area contributed by atoms with Crippen molar-refractivity contribution in [1.82, 2.24) is 0 Å². The summed E-state index contributed by atoms with van der Waals surface area (Å²) >= 11 is 0. The number of sulfonamides is 1. The number of nitriles is 1. The Morgan fingerprint density at radius 2 is 2.19 bits per heavy atom. The van der Waals surface area contributed by atoms with Crippen molar-refractivity contribution in [2.75, 3.05) is 0 Å². The van der Waals surface area contributed by atoms with Crippen molar-refractivity contribution in [2.45, 2.75) is 31.1 Å². The van der Waals surface area contributed by atoms with Crippen molar-refractivity contribution in [1.29, 1.82) is 5.26 Å². The predicted molar refractivity (Wildman–Crippen MR) is 83.5 cm³/mol. The molecule has 1 aromatic rings. The Balaban J connectivity index is 2.59. The van der Waals surface area contributed by atoms with E-state index in [0.29, 0.717) is 17.6 Å². The topological polar surface area (TPSA) is 83.9 Å². The lowest BCUT2D eigenvalue weighted by Crippen LogP contribution is -2.15. The van der Waals surface area contributed by atoms with Gasteiger partial charge in [-0.3, -0.25) is 0 Å². The lowest BCUT2D eigenvalue weighted by molar-refractivity contribution is 0.597. The van der Waals surface area contributed by atoms with E-state index in [-0.39, 0.29) is 10.8 Å². The van der Waals surface area contributed by atoms with Crippen LogP contribution in [0.5, 0.6) is 0 Å². The van der Waals surface area contributed by atoms with Gasteiger partial charge in [-0.2, -0.15) is 5.26 Å². The summed E-state index contributed by atoms with van der Waals surface area (Å²) in [6.45, 7) is 5.66. The van der Waals surface area contributed by atoms with Crippen LogP contribution in [0.2, 0.25) is 0 Å². The number of nitrogens with zero attached hydrogens (tertiary/aromatic N) is 1. The zero-order valence-corrected chi connectivity index (χ0v) is 12.8. The van der Waals surface area contributed by atoms with Gasteiger partial charge in [0.15, 0.2) is 0 Å². The van der Waals surface area contributed by atoms with Crippen LogP contribution in [0.15, 0.2) is 35.7 Å². The van der Waals surface area contributed by atoms with Crippen molar-refractivity contribution in [3.05, 3.63) is 42.0 Å². The summed E-state index contributed by atoms with van der Waals surface area (Å²) < 4.78 is 23.5. The van der Waals surface area contributed by atoms with E-state index in [1.54, 1.807) is 13.0 Å². The summed E-state index contributed by atoms with van der Waals surface area (Å²) in [4.78, 5) is 0.107. The van der Waals surface area contributed by atoms with Crippen molar-refractivity contribution in [3.8, 4) is 6.07 Å². The van der Waals surface area contributed by atoms with Crippen molar-refractivity contribution in [2.24, 2.45) is 11.1 Å². The van der Waals surface area contributed by atoms with Gasteiger partial charge in [-0.1, -0.05) is 24.8 Å². The zero-order chi connectivity index (χ0) is 15.6. The SMILES string of the molecule is C=C(C)c1c(C2=CCC(C#N)CC2)cccc1S(N)(=O)=O. The van der Waals surface area contributed by atoms with Gasteiger partial charge in [0.1, 0.15) is 0 Å². The fraction of sp³-hybridized carbons (Fsp3) is 0.312. The maximum atomic E-state index is 11.8. The lowest BCUT2D eigenvalue weighted by Gasteiger charge is -2.20. The van der Waals surface area contributed by atoms with Gasteiger partial charge in [-0.15, -0.1) is 0 Å². The highest BCUT2D eigenvalue weighted by Gasteiger charge is 2.21. The molecular weight excluding hydrogens is 284 g/mol. The Morgan fingerprint density at radius 3 is 2.67 bits per heavy atom. The molecule has 1 aromatic carbocycles. The summed E-state index contributed by atoms with van der Waals surface area (Å²) in [5.74, 6) is 0.0449. The molecule has 21 heavy (non-hydrogen) atoms. The molecule has 2 rings (SSSR count). The van der Waals surface area contributed by atoms with Gasteiger partial charge in [-0.05, 0) is 49.0 Å². The van der Waals surface area contributed by atoms with Crippen LogP contribution in [0.1, 0.15) is 37.3 Å². The van der Waals surface area contributed by atoms with Crippen LogP contribution in [0.4, 0.5) is 0 Å². The van der Waals surface area contributed by atoms with Gasteiger partial charge < -0.3 is 0 Å². The van der Waals surface area contributed by atoms with E-state index in [0.717, 1.165) is 24.0 Å². The summed E-state index contributed by atoms with van der Waals surface area (Å²) in [6, 6.07) is 7.35. The molecular formula is C16H18N2O2S. The maximum absolute atomic E-state index is 11.8. The first kappa shape index (κ1) is 15.5. The molecule has 5 heteroatoms. The fourth-order valence-corrected chi connectivity index (χ4v) is 3.51. The minimum Gasteiger partial charge on any atom is -0.225 e. The van der Waals surface area contributed by atoms with Crippen molar-refractivity contribution < 1.29 is 8.42 Å². The Bertz CT molecular complexity index is 755. The summed E-state index contributed by atoms with van der Waals surface area (Å²) in [7, 11) is -3.80. The van der Waals surface area contributed by atoms with Crippen molar-refractivity contribution >= 4 is 21.2 Å². The molecule has 4 nitrogen and oxygen atoms in total. The van der Waals surface area contributed by atoms with Crippen molar-refractivity contribution in [3.63, 3.8) is 0 Å². The third-order valence-electron chi connectivity index (χ3n) is 3.70. The number of hydrogen-bond acceptors (Lipinski definition) is 3. The monoisotopic (exact) mass is 302 g/mol. The van der Waals surface area contributed by atoms with E-state index >= 15 is 0 Å². The average Bonchev–Trinajstić information content (AvgIpc) is 2.45. The average molecular weight is 302 g/mol. The summed E-state index contributed by atoms with van der Waals surface area (Å²) in [6.07, 6.45) is 4.26. The number of nitrogens with two attached hydrogens (primary N) is 1. The molecule has 0 amide bonds. The van der Waals surface area contributed by atoms with E-state index in [2.05, 4.69) is 12.6 Å². The summed E-state index contributed by atoms with van der Waals surface area (Å²) in [5.41, 5.74) is 3.16. The smallest absolute Gasteiger partial charge is 0.225 e. The molecule has 0 heterocycles. The highest BCUT2D eigenvalue weighted by Crippen LogP contribution is 2.36. The lowest BCUT2D eigenvalue weighted by atomic mass is 9.85. The Hall–Kier alpha value is -1.90. The predicted octanol–water partition coefficient (Wildman–Crippen LogP) is 3.07. The second-order valence-electron chi connectivity index (χ2n) is 5.33. The number of primary sulfonamides is 1. The van der Waals surface area contributed by atoms with Gasteiger partial charge in [0.05, 0.1) is 16.9 Å².